The second kappa shape index (κ2) is 7.12. The number of benzene rings is 1. The summed E-state index contributed by atoms with van der Waals surface area (Å²) < 4.78 is 43.4. The summed E-state index contributed by atoms with van der Waals surface area (Å²) >= 11 is 1.25. The van der Waals surface area contributed by atoms with E-state index in [-0.39, 0.29) is 23.6 Å². The molecule has 0 saturated carbocycles. The molecule has 26 heavy (non-hydrogen) atoms. The predicted molar refractivity (Wildman–Crippen MR) is 90.5 cm³/mol. The summed E-state index contributed by atoms with van der Waals surface area (Å²) in [6.07, 6.45) is -2.23. The molecule has 0 aliphatic rings. The third-order valence-electron chi connectivity index (χ3n) is 3.34. The zero-order chi connectivity index (χ0) is 18.7. The number of esters is 1. The minimum absolute atomic E-state index is 0.182. The van der Waals surface area contributed by atoms with Gasteiger partial charge in [-0.2, -0.15) is 13.2 Å². The van der Waals surface area contributed by atoms with E-state index in [1.807, 2.05) is 0 Å². The number of aromatic amines is 1. The number of thiophene rings is 1. The number of hydrogen-bond acceptors (Lipinski definition) is 5. The predicted octanol–water partition coefficient (Wildman–Crippen LogP) is 3.76. The average molecular weight is 380 g/mol. The van der Waals surface area contributed by atoms with Gasteiger partial charge in [-0.05, 0) is 35.2 Å². The Bertz CT molecular complexity index is 1040. The van der Waals surface area contributed by atoms with Crippen LogP contribution >= 0.6 is 11.3 Å². The van der Waals surface area contributed by atoms with Gasteiger partial charge in [-0.25, -0.2) is 9.78 Å². The highest BCUT2D eigenvalue weighted by molar-refractivity contribution is 7.17. The molecule has 0 saturated heterocycles. The Morgan fingerprint density at radius 2 is 2.12 bits per heavy atom. The van der Waals surface area contributed by atoms with Crippen molar-refractivity contribution in [2.75, 3.05) is 0 Å². The van der Waals surface area contributed by atoms with Crippen molar-refractivity contribution in [3.8, 4) is 0 Å². The smallest absolute Gasteiger partial charge is 0.416 e. The molecule has 1 N–H and O–H groups in total. The summed E-state index contributed by atoms with van der Waals surface area (Å²) in [6, 6.07) is 6.22. The van der Waals surface area contributed by atoms with Gasteiger partial charge in [-0.1, -0.05) is 12.1 Å². The number of hydrogen-bond donors (Lipinski definition) is 1. The number of carbonyl (C=O) groups excluding carboxylic acids is 1. The lowest BCUT2D eigenvalue weighted by Gasteiger charge is -2.06. The van der Waals surface area contributed by atoms with E-state index in [1.54, 1.807) is 11.4 Å². The van der Waals surface area contributed by atoms with E-state index in [0.29, 0.717) is 10.2 Å². The molecule has 0 aliphatic heterocycles. The number of alkyl halides is 3. The second-order valence-corrected chi connectivity index (χ2v) is 6.13. The van der Waals surface area contributed by atoms with Crippen molar-refractivity contribution in [3.63, 3.8) is 0 Å². The maximum Gasteiger partial charge on any atom is 0.416 e. The molecule has 3 rings (SSSR count). The second-order valence-electron chi connectivity index (χ2n) is 5.21. The van der Waals surface area contributed by atoms with Gasteiger partial charge >= 0.3 is 12.1 Å². The third kappa shape index (κ3) is 4.17. The van der Waals surface area contributed by atoms with Crippen molar-refractivity contribution >= 4 is 33.6 Å². The van der Waals surface area contributed by atoms with Crippen LogP contribution in [0.15, 0.2) is 46.6 Å². The van der Waals surface area contributed by atoms with Crippen LogP contribution in [0.3, 0.4) is 0 Å². The van der Waals surface area contributed by atoms with E-state index in [9.17, 15) is 22.8 Å². The summed E-state index contributed by atoms with van der Waals surface area (Å²) in [5.74, 6) is -0.586. The standard InChI is InChI=1S/C17H11F3N2O3S/c18-17(19,20)11-3-1-2-10(8-11)4-5-14(23)25-9-13-21-12-6-7-26-15(12)16(24)22-13/h1-8H,9H2,(H,21,22,24)/b5-4+. The van der Waals surface area contributed by atoms with E-state index in [4.69, 9.17) is 4.74 Å². The normalized spacial score (nSPS) is 12.0. The molecule has 5 nitrogen and oxygen atoms in total. The number of nitrogens with one attached hydrogen (secondary N) is 1. The average Bonchev–Trinajstić information content (AvgIpc) is 3.07. The summed E-state index contributed by atoms with van der Waals surface area (Å²) in [4.78, 5) is 30.2. The molecule has 0 aliphatic carbocycles. The van der Waals surface area contributed by atoms with Gasteiger partial charge in [0.15, 0.2) is 0 Å². The number of ether oxygens (including phenoxy) is 1. The van der Waals surface area contributed by atoms with Gasteiger partial charge in [-0.15, -0.1) is 11.3 Å². The van der Waals surface area contributed by atoms with Crippen LogP contribution < -0.4 is 5.56 Å². The zero-order valence-electron chi connectivity index (χ0n) is 13.0. The zero-order valence-corrected chi connectivity index (χ0v) is 13.9. The van der Waals surface area contributed by atoms with Crippen molar-refractivity contribution in [3.05, 3.63) is 69.1 Å². The third-order valence-corrected chi connectivity index (χ3v) is 4.24. The first-order valence-corrected chi connectivity index (χ1v) is 8.19. The SMILES string of the molecule is O=C(/C=C/c1cccc(C(F)(F)F)c1)OCc1nc2ccsc2c(=O)[nH]1. The molecule has 0 fully saturated rings. The molecule has 0 amide bonds. The number of H-pyrrole nitrogens is 1. The van der Waals surface area contributed by atoms with Gasteiger partial charge < -0.3 is 9.72 Å². The van der Waals surface area contributed by atoms with Crippen molar-refractivity contribution < 1.29 is 22.7 Å². The van der Waals surface area contributed by atoms with Crippen LogP contribution in [0.25, 0.3) is 16.3 Å². The highest BCUT2D eigenvalue weighted by atomic mass is 32.1. The lowest BCUT2D eigenvalue weighted by Crippen LogP contribution is -2.12. The number of aromatic nitrogens is 2. The van der Waals surface area contributed by atoms with Crippen molar-refractivity contribution in [2.45, 2.75) is 12.8 Å². The minimum Gasteiger partial charge on any atom is -0.454 e. The Kier molecular flexibility index (Phi) is 4.90. The van der Waals surface area contributed by atoms with Crippen LogP contribution in [0.1, 0.15) is 17.0 Å². The Labute approximate surface area is 148 Å². The van der Waals surface area contributed by atoms with Gasteiger partial charge in [0.25, 0.3) is 5.56 Å². The topological polar surface area (TPSA) is 72.0 Å². The number of halogens is 3. The van der Waals surface area contributed by atoms with Crippen LogP contribution in [0, 0.1) is 0 Å². The molecule has 0 unspecified atom stereocenters. The van der Waals surface area contributed by atoms with Gasteiger partial charge in [0.05, 0.1) is 11.1 Å². The maximum atomic E-state index is 12.6. The van der Waals surface area contributed by atoms with E-state index >= 15 is 0 Å². The van der Waals surface area contributed by atoms with E-state index in [1.165, 1.54) is 29.5 Å². The Morgan fingerprint density at radius 1 is 1.31 bits per heavy atom. The van der Waals surface area contributed by atoms with Crippen molar-refractivity contribution in [1.29, 1.82) is 0 Å². The number of fused-ring (bicyclic) bond motifs is 1. The van der Waals surface area contributed by atoms with Crippen molar-refractivity contribution in [1.82, 2.24) is 9.97 Å². The molecule has 1 aromatic carbocycles. The van der Waals surface area contributed by atoms with Gasteiger partial charge in [0.1, 0.15) is 17.1 Å². The molecule has 2 aromatic heterocycles. The Balaban J connectivity index is 1.65. The van der Waals surface area contributed by atoms with Crippen LogP contribution in [-0.2, 0) is 22.3 Å². The lowest BCUT2D eigenvalue weighted by molar-refractivity contribution is -0.139. The monoisotopic (exact) mass is 380 g/mol. The highest BCUT2D eigenvalue weighted by Crippen LogP contribution is 2.29. The summed E-state index contributed by atoms with van der Waals surface area (Å²) in [7, 11) is 0. The van der Waals surface area contributed by atoms with Crippen LogP contribution in [0.4, 0.5) is 13.2 Å². The molecule has 9 heteroatoms. The summed E-state index contributed by atoms with van der Waals surface area (Å²) in [5, 5.41) is 1.72. The largest absolute Gasteiger partial charge is 0.454 e. The van der Waals surface area contributed by atoms with E-state index in [0.717, 1.165) is 18.2 Å². The van der Waals surface area contributed by atoms with Crippen LogP contribution in [0.2, 0.25) is 0 Å². The maximum absolute atomic E-state index is 12.6. The number of carbonyl (C=O) groups is 1. The molecule has 0 atom stereocenters. The Morgan fingerprint density at radius 3 is 2.88 bits per heavy atom. The molecular weight excluding hydrogens is 369 g/mol. The lowest BCUT2D eigenvalue weighted by atomic mass is 10.1. The van der Waals surface area contributed by atoms with Gasteiger partial charge in [0, 0.05) is 6.08 Å². The van der Waals surface area contributed by atoms with Crippen LogP contribution in [-0.4, -0.2) is 15.9 Å². The van der Waals surface area contributed by atoms with E-state index in [2.05, 4.69) is 9.97 Å². The molecule has 0 radical (unpaired) electrons. The summed E-state index contributed by atoms with van der Waals surface area (Å²) in [5.41, 5.74) is -0.415. The first kappa shape index (κ1) is 17.9. The number of nitrogens with zero attached hydrogens (tertiary/aromatic N) is 1. The minimum atomic E-state index is -4.46. The fourth-order valence-electron chi connectivity index (χ4n) is 2.16. The fourth-order valence-corrected chi connectivity index (χ4v) is 2.89. The number of rotatable bonds is 4. The first-order chi connectivity index (χ1) is 12.3. The van der Waals surface area contributed by atoms with Gasteiger partial charge in [0.2, 0.25) is 0 Å². The Hall–Kier alpha value is -2.94. The van der Waals surface area contributed by atoms with Crippen molar-refractivity contribution in [2.24, 2.45) is 0 Å². The molecule has 3 aromatic rings. The molecule has 2 heterocycles. The molecule has 134 valence electrons. The van der Waals surface area contributed by atoms with Gasteiger partial charge in [-0.3, -0.25) is 4.79 Å². The molecule has 0 spiro atoms. The fraction of sp³-hybridized carbons (Fsp3) is 0.118. The summed E-state index contributed by atoms with van der Waals surface area (Å²) in [6.45, 7) is -0.257. The molecule has 0 bridgehead atoms. The first-order valence-electron chi connectivity index (χ1n) is 7.31. The highest BCUT2D eigenvalue weighted by Gasteiger charge is 2.30. The van der Waals surface area contributed by atoms with Crippen LogP contribution in [0.5, 0.6) is 0 Å². The van der Waals surface area contributed by atoms with E-state index < -0.39 is 17.7 Å². The molecular formula is C17H11F3N2O3S. The quantitative estimate of drug-likeness (QED) is 0.553.